The molecule has 0 unspecified atom stereocenters. The van der Waals surface area contributed by atoms with Gasteiger partial charge in [-0.15, -0.1) is 5.10 Å². The van der Waals surface area contributed by atoms with Crippen LogP contribution in [-0.4, -0.2) is 11.0 Å². The normalized spacial score (nSPS) is 16.1. The van der Waals surface area contributed by atoms with Gasteiger partial charge in [-0.05, 0) is 18.3 Å². The molecule has 3 N–H and O–H groups in total. The molecule has 0 atom stereocenters. The van der Waals surface area contributed by atoms with E-state index in [1.807, 2.05) is 24.3 Å². The Morgan fingerprint density at radius 2 is 2.29 bits per heavy atom. The van der Waals surface area contributed by atoms with E-state index in [0.29, 0.717) is 12.3 Å². The van der Waals surface area contributed by atoms with E-state index in [-0.39, 0.29) is 5.11 Å². The fourth-order valence-corrected chi connectivity index (χ4v) is 1.30. The maximum atomic E-state index is 5.43. The van der Waals surface area contributed by atoms with Crippen LogP contribution in [0.3, 0.4) is 0 Å². The van der Waals surface area contributed by atoms with Crippen LogP contribution in [0.4, 0.5) is 0 Å². The van der Waals surface area contributed by atoms with Crippen molar-refractivity contribution in [1.29, 1.82) is 0 Å². The lowest BCUT2D eigenvalue weighted by Crippen LogP contribution is -2.26. The molecular formula is C9H9N3OS. The van der Waals surface area contributed by atoms with Crippen molar-refractivity contribution in [2.75, 3.05) is 0 Å². The van der Waals surface area contributed by atoms with Gasteiger partial charge in [0.25, 0.3) is 0 Å². The van der Waals surface area contributed by atoms with E-state index >= 15 is 0 Å². The van der Waals surface area contributed by atoms with Crippen LogP contribution in [0.5, 0.6) is 5.75 Å². The first-order valence-corrected chi connectivity index (χ1v) is 4.54. The van der Waals surface area contributed by atoms with Crippen molar-refractivity contribution in [1.82, 2.24) is 5.43 Å². The van der Waals surface area contributed by atoms with Gasteiger partial charge in [-0.25, -0.2) is 0 Å². The highest BCUT2D eigenvalue weighted by atomic mass is 32.1. The van der Waals surface area contributed by atoms with E-state index < -0.39 is 0 Å². The van der Waals surface area contributed by atoms with Gasteiger partial charge in [0.15, 0.2) is 5.11 Å². The predicted octanol–water partition coefficient (Wildman–Crippen LogP) is 0.768. The molecule has 2 rings (SSSR count). The first kappa shape index (κ1) is 8.96. The highest BCUT2D eigenvalue weighted by Gasteiger charge is 2.17. The van der Waals surface area contributed by atoms with Crippen LogP contribution in [0.1, 0.15) is 5.56 Å². The van der Waals surface area contributed by atoms with E-state index in [0.717, 1.165) is 11.3 Å². The van der Waals surface area contributed by atoms with Crippen molar-refractivity contribution < 1.29 is 4.74 Å². The van der Waals surface area contributed by atoms with Crippen LogP contribution in [-0.2, 0) is 6.42 Å². The van der Waals surface area contributed by atoms with E-state index in [9.17, 15) is 0 Å². The highest BCUT2D eigenvalue weighted by Crippen LogP contribution is 2.25. The minimum atomic E-state index is 0.136. The number of nitrogens with one attached hydrogen (secondary N) is 1. The van der Waals surface area contributed by atoms with Gasteiger partial charge in [0.05, 0.1) is 6.42 Å². The van der Waals surface area contributed by atoms with Crippen molar-refractivity contribution in [3.8, 4) is 5.75 Å². The van der Waals surface area contributed by atoms with Crippen LogP contribution < -0.4 is 15.9 Å². The molecule has 0 radical (unpaired) electrons. The third kappa shape index (κ3) is 1.82. The molecule has 4 nitrogen and oxygen atoms in total. The highest BCUT2D eigenvalue weighted by molar-refractivity contribution is 7.80. The zero-order chi connectivity index (χ0) is 9.97. The van der Waals surface area contributed by atoms with Gasteiger partial charge in [-0.1, -0.05) is 18.2 Å². The molecule has 5 heteroatoms. The summed E-state index contributed by atoms with van der Waals surface area (Å²) in [5.41, 5.74) is 8.85. The molecule has 1 aromatic rings. The Balaban J connectivity index is 2.11. The van der Waals surface area contributed by atoms with Crippen molar-refractivity contribution >= 4 is 23.2 Å². The molecule has 72 valence electrons. The van der Waals surface area contributed by atoms with E-state index in [2.05, 4.69) is 22.7 Å². The van der Waals surface area contributed by atoms with Crippen LogP contribution in [0, 0.1) is 0 Å². The Morgan fingerprint density at radius 3 is 3.00 bits per heavy atom. The zero-order valence-electron chi connectivity index (χ0n) is 7.36. The molecule has 0 saturated heterocycles. The summed E-state index contributed by atoms with van der Waals surface area (Å²) < 4.78 is 5.43. The van der Waals surface area contributed by atoms with Gasteiger partial charge in [0.1, 0.15) is 5.75 Å². The first-order chi connectivity index (χ1) is 6.75. The number of nitrogens with two attached hydrogens (primary N) is 1. The smallest absolute Gasteiger partial charge is 0.216 e. The summed E-state index contributed by atoms with van der Waals surface area (Å²) >= 11 is 4.62. The van der Waals surface area contributed by atoms with Crippen molar-refractivity contribution in [3.63, 3.8) is 0 Å². The zero-order valence-corrected chi connectivity index (χ0v) is 8.17. The van der Waals surface area contributed by atoms with Crippen LogP contribution >= 0.6 is 12.2 Å². The second-order valence-electron chi connectivity index (χ2n) is 2.87. The van der Waals surface area contributed by atoms with Gasteiger partial charge in [0, 0.05) is 5.56 Å². The average Bonchev–Trinajstić information content (AvgIpc) is 2.57. The average molecular weight is 207 g/mol. The van der Waals surface area contributed by atoms with Crippen LogP contribution in [0.2, 0.25) is 0 Å². The Kier molecular flexibility index (Phi) is 2.32. The summed E-state index contributed by atoms with van der Waals surface area (Å²) in [6.07, 6.45) is 0.672. The second-order valence-corrected chi connectivity index (χ2v) is 3.31. The monoisotopic (exact) mass is 207 g/mol. The predicted molar refractivity (Wildman–Crippen MR) is 58.1 cm³/mol. The molecule has 1 aliphatic rings. The van der Waals surface area contributed by atoms with E-state index in [4.69, 9.17) is 10.5 Å². The fraction of sp³-hybridized carbons (Fsp3) is 0.111. The fourth-order valence-electron chi connectivity index (χ4n) is 1.26. The lowest BCUT2D eigenvalue weighted by molar-refractivity contribution is 0.558. The summed E-state index contributed by atoms with van der Waals surface area (Å²) in [4.78, 5) is 0. The number of benzene rings is 1. The first-order valence-electron chi connectivity index (χ1n) is 4.13. The third-order valence-electron chi connectivity index (χ3n) is 1.83. The van der Waals surface area contributed by atoms with Crippen molar-refractivity contribution in [2.24, 2.45) is 10.8 Å². The second kappa shape index (κ2) is 3.63. The molecule has 14 heavy (non-hydrogen) atoms. The standard InChI is InChI=1S/C9H9N3OS/c10-9(14)12-11-8-5-6-3-1-2-4-7(6)13-8/h1-4H,5H2,(H3,10,12,14). The number of fused-ring (bicyclic) bond motifs is 1. The summed E-state index contributed by atoms with van der Waals surface area (Å²) in [7, 11) is 0. The minimum absolute atomic E-state index is 0.136. The molecule has 0 aliphatic carbocycles. The third-order valence-corrected chi connectivity index (χ3v) is 1.92. The molecule has 0 spiro atoms. The maximum absolute atomic E-state index is 5.43. The number of hydrazone groups is 1. The molecule has 1 aliphatic heterocycles. The molecule has 0 aromatic heterocycles. The summed E-state index contributed by atoms with van der Waals surface area (Å²) in [6.45, 7) is 0. The van der Waals surface area contributed by atoms with Crippen molar-refractivity contribution in [3.05, 3.63) is 29.8 Å². The Labute approximate surface area is 86.7 Å². The maximum Gasteiger partial charge on any atom is 0.216 e. The number of hydrogen-bond donors (Lipinski definition) is 2. The van der Waals surface area contributed by atoms with E-state index in [1.165, 1.54) is 0 Å². The lowest BCUT2D eigenvalue weighted by Gasteiger charge is -1.98. The number of thiocarbonyl (C=S) groups is 1. The van der Waals surface area contributed by atoms with Crippen LogP contribution in [0.25, 0.3) is 0 Å². The van der Waals surface area contributed by atoms with Crippen molar-refractivity contribution in [2.45, 2.75) is 6.42 Å². The quantitative estimate of drug-likeness (QED) is 0.527. The Bertz CT molecular complexity index is 376. The number of rotatable bonds is 1. The van der Waals surface area contributed by atoms with Crippen LogP contribution in [0.15, 0.2) is 29.4 Å². The van der Waals surface area contributed by atoms with Gasteiger partial charge >= 0.3 is 0 Å². The number of hydrogen-bond acceptors (Lipinski definition) is 3. The summed E-state index contributed by atoms with van der Waals surface area (Å²) in [5, 5.41) is 4.05. The molecule has 0 amide bonds. The molecule has 0 fully saturated rings. The summed E-state index contributed by atoms with van der Waals surface area (Å²) in [6, 6.07) is 7.78. The Hall–Kier alpha value is -1.62. The molecule has 0 bridgehead atoms. The molecular weight excluding hydrogens is 198 g/mol. The molecule has 1 heterocycles. The SMILES string of the molecule is NC(=S)NN=C1Cc2ccccc2O1. The number of para-hydroxylation sites is 1. The number of ether oxygens (including phenoxy) is 1. The molecule has 0 saturated carbocycles. The Morgan fingerprint density at radius 1 is 1.50 bits per heavy atom. The minimum Gasteiger partial charge on any atom is -0.441 e. The molecule has 1 aromatic carbocycles. The number of nitrogens with zero attached hydrogens (tertiary/aromatic N) is 1. The van der Waals surface area contributed by atoms with E-state index in [1.54, 1.807) is 0 Å². The van der Waals surface area contributed by atoms with Gasteiger partial charge in [0.2, 0.25) is 5.90 Å². The topological polar surface area (TPSA) is 59.6 Å². The van der Waals surface area contributed by atoms with Gasteiger partial charge in [-0.3, -0.25) is 5.43 Å². The van der Waals surface area contributed by atoms with Gasteiger partial charge in [-0.2, -0.15) is 0 Å². The largest absolute Gasteiger partial charge is 0.441 e. The van der Waals surface area contributed by atoms with Gasteiger partial charge < -0.3 is 10.5 Å². The summed E-state index contributed by atoms with van der Waals surface area (Å²) in [5.74, 6) is 1.43. The lowest BCUT2D eigenvalue weighted by atomic mass is 10.2.